The van der Waals surface area contributed by atoms with Gasteiger partial charge in [-0.25, -0.2) is 0 Å². The second kappa shape index (κ2) is 4.82. The number of hydrogen-bond acceptors (Lipinski definition) is 3. The predicted octanol–water partition coefficient (Wildman–Crippen LogP) is 2.57. The summed E-state index contributed by atoms with van der Waals surface area (Å²) in [5, 5.41) is 0. The molecule has 82 valence electrons. The fraction of sp³-hybridized carbons (Fsp3) is 0.417. The topological polar surface area (TPSA) is 35.5 Å². The van der Waals surface area contributed by atoms with Crippen LogP contribution in [0.25, 0.3) is 0 Å². The summed E-state index contributed by atoms with van der Waals surface area (Å²) in [5.41, 5.74) is 1.07. The Morgan fingerprint density at radius 1 is 1.27 bits per heavy atom. The molecule has 3 heteroatoms. The molecule has 0 atom stereocenters. The first-order valence-corrected chi connectivity index (χ1v) is 4.91. The first-order valence-electron chi connectivity index (χ1n) is 4.91. The van der Waals surface area contributed by atoms with E-state index >= 15 is 0 Å². The minimum Gasteiger partial charge on any atom is -0.493 e. The van der Waals surface area contributed by atoms with Gasteiger partial charge < -0.3 is 9.47 Å². The van der Waals surface area contributed by atoms with Gasteiger partial charge in [0, 0.05) is 0 Å². The second-order valence-electron chi connectivity index (χ2n) is 3.73. The van der Waals surface area contributed by atoms with E-state index in [1.807, 2.05) is 19.1 Å². The molecule has 0 amide bonds. The van der Waals surface area contributed by atoms with E-state index in [1.165, 1.54) is 0 Å². The maximum atomic E-state index is 11.4. The van der Waals surface area contributed by atoms with E-state index in [4.69, 9.17) is 9.47 Å². The summed E-state index contributed by atoms with van der Waals surface area (Å²) in [5.74, 6) is 0.666. The third kappa shape index (κ3) is 2.98. The van der Waals surface area contributed by atoms with Gasteiger partial charge >= 0.3 is 5.97 Å². The standard InChI is InChI=1S/C12H16O3/c1-8(2)12(13)15-10-6-5-9(3)7-11(10)14-4/h5-8H,1-4H3. The van der Waals surface area contributed by atoms with Gasteiger partial charge in [0.05, 0.1) is 13.0 Å². The van der Waals surface area contributed by atoms with E-state index in [2.05, 4.69) is 0 Å². The molecule has 0 saturated heterocycles. The lowest BCUT2D eigenvalue weighted by Crippen LogP contribution is -2.15. The molecule has 15 heavy (non-hydrogen) atoms. The van der Waals surface area contributed by atoms with Crippen LogP contribution in [0.4, 0.5) is 0 Å². The van der Waals surface area contributed by atoms with Crippen molar-refractivity contribution in [3.8, 4) is 11.5 Å². The lowest BCUT2D eigenvalue weighted by molar-refractivity contribution is -0.137. The van der Waals surface area contributed by atoms with Gasteiger partial charge in [-0.15, -0.1) is 0 Å². The van der Waals surface area contributed by atoms with Crippen molar-refractivity contribution in [3.05, 3.63) is 23.8 Å². The molecule has 3 nitrogen and oxygen atoms in total. The van der Waals surface area contributed by atoms with Gasteiger partial charge in [-0.05, 0) is 24.6 Å². The molecule has 0 heterocycles. The minimum atomic E-state index is -0.253. The van der Waals surface area contributed by atoms with Crippen LogP contribution in [-0.2, 0) is 4.79 Å². The number of carbonyl (C=O) groups excluding carboxylic acids is 1. The van der Waals surface area contributed by atoms with Crippen LogP contribution in [0.3, 0.4) is 0 Å². The average Bonchev–Trinajstić information content (AvgIpc) is 2.20. The highest BCUT2D eigenvalue weighted by Gasteiger charge is 2.12. The molecule has 0 radical (unpaired) electrons. The van der Waals surface area contributed by atoms with Gasteiger partial charge in [0.1, 0.15) is 0 Å². The van der Waals surface area contributed by atoms with E-state index in [-0.39, 0.29) is 11.9 Å². The third-order valence-corrected chi connectivity index (χ3v) is 2.00. The smallest absolute Gasteiger partial charge is 0.313 e. The fourth-order valence-corrected chi connectivity index (χ4v) is 1.09. The number of benzene rings is 1. The molecule has 0 bridgehead atoms. The first kappa shape index (κ1) is 11.6. The van der Waals surface area contributed by atoms with E-state index < -0.39 is 0 Å². The fourth-order valence-electron chi connectivity index (χ4n) is 1.09. The Hall–Kier alpha value is -1.51. The van der Waals surface area contributed by atoms with Crippen LogP contribution in [0, 0.1) is 12.8 Å². The van der Waals surface area contributed by atoms with Crippen LogP contribution in [-0.4, -0.2) is 13.1 Å². The number of esters is 1. The van der Waals surface area contributed by atoms with Crippen molar-refractivity contribution < 1.29 is 14.3 Å². The largest absolute Gasteiger partial charge is 0.493 e. The predicted molar refractivity (Wildman–Crippen MR) is 58.2 cm³/mol. The highest BCUT2D eigenvalue weighted by atomic mass is 16.6. The summed E-state index contributed by atoms with van der Waals surface area (Å²) in [4.78, 5) is 11.4. The quantitative estimate of drug-likeness (QED) is 0.565. The minimum absolute atomic E-state index is 0.143. The van der Waals surface area contributed by atoms with E-state index in [0.717, 1.165) is 5.56 Å². The second-order valence-corrected chi connectivity index (χ2v) is 3.73. The zero-order chi connectivity index (χ0) is 11.4. The molecule has 0 aliphatic rings. The molecule has 0 saturated carbocycles. The van der Waals surface area contributed by atoms with Crippen LogP contribution in [0.15, 0.2) is 18.2 Å². The molecule has 0 aliphatic carbocycles. The van der Waals surface area contributed by atoms with Crippen molar-refractivity contribution in [2.75, 3.05) is 7.11 Å². The first-order chi connectivity index (χ1) is 7.04. The van der Waals surface area contributed by atoms with Crippen LogP contribution in [0.2, 0.25) is 0 Å². The number of carbonyl (C=O) groups is 1. The van der Waals surface area contributed by atoms with E-state index in [9.17, 15) is 4.79 Å². The van der Waals surface area contributed by atoms with Crippen molar-refractivity contribution in [2.45, 2.75) is 20.8 Å². The van der Waals surface area contributed by atoms with Crippen molar-refractivity contribution in [3.63, 3.8) is 0 Å². The SMILES string of the molecule is COc1cc(C)ccc1OC(=O)C(C)C. The Morgan fingerprint density at radius 3 is 2.47 bits per heavy atom. The lowest BCUT2D eigenvalue weighted by Gasteiger charge is -2.10. The maximum Gasteiger partial charge on any atom is 0.313 e. The van der Waals surface area contributed by atoms with Crippen LogP contribution in [0.1, 0.15) is 19.4 Å². The Bertz CT molecular complexity index is 356. The molecule has 1 rings (SSSR count). The molecule has 1 aromatic carbocycles. The van der Waals surface area contributed by atoms with E-state index in [0.29, 0.717) is 11.5 Å². The monoisotopic (exact) mass is 208 g/mol. The van der Waals surface area contributed by atoms with E-state index in [1.54, 1.807) is 27.0 Å². The van der Waals surface area contributed by atoms with Gasteiger partial charge in [0.2, 0.25) is 0 Å². The molecule has 0 aliphatic heterocycles. The number of aryl methyl sites for hydroxylation is 1. The summed E-state index contributed by atoms with van der Waals surface area (Å²) >= 11 is 0. The zero-order valence-corrected chi connectivity index (χ0v) is 9.53. The van der Waals surface area contributed by atoms with Crippen molar-refractivity contribution >= 4 is 5.97 Å². The average molecular weight is 208 g/mol. The number of rotatable bonds is 3. The van der Waals surface area contributed by atoms with Gasteiger partial charge in [-0.3, -0.25) is 4.79 Å². The highest BCUT2D eigenvalue weighted by Crippen LogP contribution is 2.28. The van der Waals surface area contributed by atoms with Gasteiger partial charge in [-0.2, -0.15) is 0 Å². The molecule has 0 aromatic heterocycles. The Morgan fingerprint density at radius 2 is 1.93 bits per heavy atom. The lowest BCUT2D eigenvalue weighted by atomic mass is 10.2. The normalized spacial score (nSPS) is 10.2. The summed E-state index contributed by atoms with van der Waals surface area (Å²) in [6.07, 6.45) is 0. The number of ether oxygens (including phenoxy) is 2. The highest BCUT2D eigenvalue weighted by molar-refractivity contribution is 5.75. The Labute approximate surface area is 90.0 Å². The Kier molecular flexibility index (Phi) is 3.72. The van der Waals surface area contributed by atoms with Crippen molar-refractivity contribution in [1.82, 2.24) is 0 Å². The molecule has 0 fully saturated rings. The van der Waals surface area contributed by atoms with Gasteiger partial charge in [-0.1, -0.05) is 19.9 Å². The molecule has 0 N–H and O–H groups in total. The summed E-state index contributed by atoms with van der Waals surface area (Å²) in [6.45, 7) is 5.54. The molecule has 0 spiro atoms. The summed E-state index contributed by atoms with van der Waals surface area (Å²) < 4.78 is 10.3. The van der Waals surface area contributed by atoms with Gasteiger partial charge in [0.25, 0.3) is 0 Å². The van der Waals surface area contributed by atoms with Crippen LogP contribution >= 0.6 is 0 Å². The molecule has 1 aromatic rings. The van der Waals surface area contributed by atoms with Crippen molar-refractivity contribution in [1.29, 1.82) is 0 Å². The van der Waals surface area contributed by atoms with Gasteiger partial charge in [0.15, 0.2) is 11.5 Å². The zero-order valence-electron chi connectivity index (χ0n) is 9.53. The third-order valence-electron chi connectivity index (χ3n) is 2.00. The summed E-state index contributed by atoms with van der Waals surface area (Å²) in [7, 11) is 1.56. The van der Waals surface area contributed by atoms with Crippen LogP contribution < -0.4 is 9.47 Å². The Balaban J connectivity index is 2.89. The summed E-state index contributed by atoms with van der Waals surface area (Å²) in [6, 6.07) is 5.46. The number of hydrogen-bond donors (Lipinski definition) is 0. The molecule has 0 unspecified atom stereocenters. The number of methoxy groups -OCH3 is 1. The molecular formula is C12H16O3. The van der Waals surface area contributed by atoms with Crippen molar-refractivity contribution in [2.24, 2.45) is 5.92 Å². The maximum absolute atomic E-state index is 11.4. The molecular weight excluding hydrogens is 192 g/mol. The van der Waals surface area contributed by atoms with Crippen LogP contribution in [0.5, 0.6) is 11.5 Å².